The summed E-state index contributed by atoms with van der Waals surface area (Å²) < 4.78 is 16.8. The average Bonchev–Trinajstić information content (AvgIpc) is 2.36. The van der Waals surface area contributed by atoms with Crippen LogP contribution < -0.4 is 4.74 Å². The molecule has 0 spiro atoms. The lowest BCUT2D eigenvalue weighted by Crippen LogP contribution is -1.92. The van der Waals surface area contributed by atoms with Crippen LogP contribution in [0.5, 0.6) is 11.5 Å². The molecule has 19 heavy (non-hydrogen) atoms. The van der Waals surface area contributed by atoms with Gasteiger partial charge >= 0.3 is 0 Å². The number of halogens is 2. The minimum Gasteiger partial charge on any atom is -0.457 e. The van der Waals surface area contributed by atoms with Crippen LogP contribution in [0.2, 0.25) is 10.0 Å². The lowest BCUT2D eigenvalue weighted by Gasteiger charge is -2.07. The number of hydrogen-bond donors (Lipinski definition) is 0. The molecule has 0 unspecified atom stereocenters. The molecule has 0 saturated carbocycles. The normalized spacial score (nSPS) is 12.2. The van der Waals surface area contributed by atoms with E-state index in [4.69, 9.17) is 27.9 Å². The Morgan fingerprint density at radius 3 is 2.21 bits per heavy atom. The van der Waals surface area contributed by atoms with Gasteiger partial charge in [-0.25, -0.2) is 0 Å². The third kappa shape index (κ3) is 4.23. The van der Waals surface area contributed by atoms with Crippen molar-refractivity contribution in [1.29, 1.82) is 0 Å². The van der Waals surface area contributed by atoms with Crippen LogP contribution in [0.4, 0.5) is 0 Å². The maximum atomic E-state index is 11.1. The molecule has 0 aromatic heterocycles. The maximum absolute atomic E-state index is 11.1. The topological polar surface area (TPSA) is 26.3 Å². The Kier molecular flexibility index (Phi) is 4.86. The van der Waals surface area contributed by atoms with Crippen molar-refractivity contribution in [1.82, 2.24) is 0 Å². The first-order chi connectivity index (χ1) is 9.04. The first kappa shape index (κ1) is 14.4. The molecular weight excluding hydrogens is 303 g/mol. The number of benzene rings is 2. The van der Waals surface area contributed by atoms with Crippen molar-refractivity contribution in [3.8, 4) is 11.5 Å². The molecule has 0 aliphatic rings. The van der Waals surface area contributed by atoms with Gasteiger partial charge in [-0.15, -0.1) is 0 Å². The standard InChI is InChI=1S/C14H12Cl2O2S/c1-19(17)9-10-2-4-11(5-3-10)18-12-6-7-13(15)14(16)8-12/h2-8H,9H2,1H3/t19-/m1/s1. The van der Waals surface area contributed by atoms with Gasteiger partial charge < -0.3 is 4.74 Å². The molecule has 2 nitrogen and oxygen atoms in total. The van der Waals surface area contributed by atoms with E-state index in [1.54, 1.807) is 24.5 Å². The van der Waals surface area contributed by atoms with Crippen LogP contribution in [0.3, 0.4) is 0 Å². The highest BCUT2D eigenvalue weighted by atomic mass is 35.5. The Hall–Kier alpha value is -1.03. The van der Waals surface area contributed by atoms with Gasteiger partial charge in [0.15, 0.2) is 0 Å². The molecule has 1 atom stereocenters. The van der Waals surface area contributed by atoms with Crippen molar-refractivity contribution in [2.75, 3.05) is 6.26 Å². The molecule has 2 rings (SSSR count). The van der Waals surface area contributed by atoms with Gasteiger partial charge in [-0.1, -0.05) is 35.3 Å². The second-order valence-corrected chi connectivity index (χ2v) is 6.29. The summed E-state index contributed by atoms with van der Waals surface area (Å²) in [4.78, 5) is 0. The zero-order chi connectivity index (χ0) is 13.8. The van der Waals surface area contributed by atoms with E-state index in [1.807, 2.05) is 24.3 Å². The summed E-state index contributed by atoms with van der Waals surface area (Å²) in [5.74, 6) is 1.87. The molecule has 5 heteroatoms. The third-order valence-corrected chi connectivity index (χ3v) is 3.90. The molecule has 0 N–H and O–H groups in total. The Bertz CT molecular complexity index is 597. The molecule has 2 aromatic carbocycles. The van der Waals surface area contributed by atoms with E-state index in [2.05, 4.69) is 0 Å². The summed E-state index contributed by atoms with van der Waals surface area (Å²) in [6.45, 7) is 0. The number of rotatable bonds is 4. The lowest BCUT2D eigenvalue weighted by molar-refractivity contribution is 0.482. The largest absolute Gasteiger partial charge is 0.457 e. The molecule has 2 aromatic rings. The van der Waals surface area contributed by atoms with E-state index in [0.29, 0.717) is 27.3 Å². The van der Waals surface area contributed by atoms with Crippen LogP contribution in [0.1, 0.15) is 5.56 Å². The maximum Gasteiger partial charge on any atom is 0.129 e. The zero-order valence-corrected chi connectivity index (χ0v) is 12.6. The SMILES string of the molecule is C[S@@](=O)Cc1ccc(Oc2ccc(Cl)c(Cl)c2)cc1. The summed E-state index contributed by atoms with van der Waals surface area (Å²) in [5, 5.41) is 0.951. The number of ether oxygens (including phenoxy) is 1. The molecule has 0 fully saturated rings. The Labute approximate surface area is 124 Å². The van der Waals surface area contributed by atoms with Gasteiger partial charge in [0.05, 0.1) is 10.0 Å². The third-order valence-electron chi connectivity index (χ3n) is 2.42. The summed E-state index contributed by atoms with van der Waals surface area (Å²) >= 11 is 11.8. The van der Waals surface area contributed by atoms with Crippen molar-refractivity contribution < 1.29 is 8.95 Å². The van der Waals surface area contributed by atoms with Gasteiger partial charge in [-0.3, -0.25) is 4.21 Å². The van der Waals surface area contributed by atoms with E-state index >= 15 is 0 Å². The van der Waals surface area contributed by atoms with Gasteiger partial charge in [0.25, 0.3) is 0 Å². The fourth-order valence-electron chi connectivity index (χ4n) is 1.56. The Morgan fingerprint density at radius 2 is 1.63 bits per heavy atom. The number of hydrogen-bond acceptors (Lipinski definition) is 2. The molecule has 0 bridgehead atoms. The van der Waals surface area contributed by atoms with E-state index < -0.39 is 10.8 Å². The smallest absolute Gasteiger partial charge is 0.129 e. The van der Waals surface area contributed by atoms with Crippen LogP contribution in [0.15, 0.2) is 42.5 Å². The molecule has 0 radical (unpaired) electrons. The minimum absolute atomic E-state index is 0.456. The van der Waals surface area contributed by atoms with Gasteiger partial charge in [-0.05, 0) is 29.8 Å². The van der Waals surface area contributed by atoms with Gasteiger partial charge in [-0.2, -0.15) is 0 Å². The van der Waals surface area contributed by atoms with Crippen LogP contribution >= 0.6 is 23.2 Å². The second-order valence-electron chi connectivity index (χ2n) is 4.04. The van der Waals surface area contributed by atoms with Crippen LogP contribution in [-0.4, -0.2) is 10.5 Å². The zero-order valence-electron chi connectivity index (χ0n) is 10.2. The van der Waals surface area contributed by atoms with Crippen LogP contribution in [0.25, 0.3) is 0 Å². The molecule has 100 valence electrons. The van der Waals surface area contributed by atoms with Crippen molar-refractivity contribution in [3.63, 3.8) is 0 Å². The van der Waals surface area contributed by atoms with Crippen molar-refractivity contribution in [2.24, 2.45) is 0 Å². The first-order valence-corrected chi connectivity index (χ1v) is 8.05. The van der Waals surface area contributed by atoms with Crippen molar-refractivity contribution in [3.05, 3.63) is 58.1 Å². The highest BCUT2D eigenvalue weighted by molar-refractivity contribution is 7.83. The van der Waals surface area contributed by atoms with Crippen molar-refractivity contribution in [2.45, 2.75) is 5.75 Å². The highest BCUT2D eigenvalue weighted by Gasteiger charge is 2.02. The highest BCUT2D eigenvalue weighted by Crippen LogP contribution is 2.29. The summed E-state index contributed by atoms with van der Waals surface area (Å²) in [6, 6.07) is 12.6. The van der Waals surface area contributed by atoms with Gasteiger partial charge in [0.1, 0.15) is 11.5 Å². The molecule has 0 heterocycles. The quantitative estimate of drug-likeness (QED) is 0.820. The second kappa shape index (κ2) is 6.42. The van der Waals surface area contributed by atoms with E-state index in [-0.39, 0.29) is 0 Å². The molecule has 0 saturated heterocycles. The fourth-order valence-corrected chi connectivity index (χ4v) is 2.51. The Balaban J connectivity index is 2.10. The predicted octanol–water partition coefficient (Wildman–Crippen LogP) is 4.66. The molecule has 0 amide bonds. The van der Waals surface area contributed by atoms with Gasteiger partial charge in [0.2, 0.25) is 0 Å². The minimum atomic E-state index is -0.840. The van der Waals surface area contributed by atoms with E-state index in [0.717, 1.165) is 5.56 Å². The summed E-state index contributed by atoms with van der Waals surface area (Å²) in [5.41, 5.74) is 1.02. The fraction of sp³-hybridized carbons (Fsp3) is 0.143. The van der Waals surface area contributed by atoms with Crippen LogP contribution in [0, 0.1) is 0 Å². The molecule has 0 aliphatic heterocycles. The summed E-state index contributed by atoms with van der Waals surface area (Å²) in [6.07, 6.45) is 1.68. The Morgan fingerprint density at radius 1 is 1.00 bits per heavy atom. The van der Waals surface area contributed by atoms with Crippen molar-refractivity contribution >= 4 is 34.0 Å². The van der Waals surface area contributed by atoms with Crippen LogP contribution in [-0.2, 0) is 16.6 Å². The lowest BCUT2D eigenvalue weighted by atomic mass is 10.2. The molecular formula is C14H12Cl2O2S. The monoisotopic (exact) mass is 314 g/mol. The van der Waals surface area contributed by atoms with E-state index in [1.165, 1.54) is 0 Å². The first-order valence-electron chi connectivity index (χ1n) is 5.56. The van der Waals surface area contributed by atoms with E-state index in [9.17, 15) is 4.21 Å². The molecule has 0 aliphatic carbocycles. The van der Waals surface area contributed by atoms with Gasteiger partial charge in [0, 0.05) is 28.9 Å². The average molecular weight is 315 g/mol. The predicted molar refractivity (Wildman–Crippen MR) is 80.7 cm³/mol. The summed E-state index contributed by atoms with van der Waals surface area (Å²) in [7, 11) is -0.840.